The SMILES string of the molecule is Cc1c(C(=O)NCCn2nc(-c3cccs3)n(C3CC3)c2=O)cnn1-c1ccccc1. The Labute approximate surface area is 182 Å². The highest BCUT2D eigenvalue weighted by atomic mass is 32.1. The van der Waals surface area contributed by atoms with E-state index in [-0.39, 0.29) is 17.6 Å². The van der Waals surface area contributed by atoms with Crippen LogP contribution in [0.5, 0.6) is 0 Å². The topological polar surface area (TPSA) is 86.7 Å². The van der Waals surface area contributed by atoms with Crippen molar-refractivity contribution < 1.29 is 4.79 Å². The zero-order valence-electron chi connectivity index (χ0n) is 17.1. The molecule has 5 rings (SSSR count). The number of aromatic nitrogens is 5. The summed E-state index contributed by atoms with van der Waals surface area (Å²) in [6, 6.07) is 13.8. The largest absolute Gasteiger partial charge is 0.350 e. The summed E-state index contributed by atoms with van der Waals surface area (Å²) >= 11 is 1.57. The molecule has 1 amide bonds. The van der Waals surface area contributed by atoms with Crippen molar-refractivity contribution in [3.8, 4) is 16.4 Å². The molecule has 0 atom stereocenters. The highest BCUT2D eigenvalue weighted by Crippen LogP contribution is 2.37. The van der Waals surface area contributed by atoms with Crippen LogP contribution in [-0.4, -0.2) is 36.6 Å². The molecule has 1 N–H and O–H groups in total. The average Bonchev–Trinajstić information content (AvgIpc) is 3.18. The van der Waals surface area contributed by atoms with Crippen LogP contribution in [0, 0.1) is 6.92 Å². The fourth-order valence-electron chi connectivity index (χ4n) is 3.63. The third-order valence-electron chi connectivity index (χ3n) is 5.39. The Morgan fingerprint density at radius 2 is 2.00 bits per heavy atom. The minimum absolute atomic E-state index is 0.117. The average molecular weight is 435 g/mol. The second-order valence-corrected chi connectivity index (χ2v) is 8.50. The van der Waals surface area contributed by atoms with E-state index in [4.69, 9.17) is 0 Å². The van der Waals surface area contributed by atoms with Gasteiger partial charge in [0.15, 0.2) is 5.82 Å². The van der Waals surface area contributed by atoms with E-state index in [0.717, 1.165) is 29.1 Å². The van der Waals surface area contributed by atoms with E-state index in [1.54, 1.807) is 26.8 Å². The molecule has 3 heterocycles. The molecule has 8 nitrogen and oxygen atoms in total. The molecule has 0 radical (unpaired) electrons. The van der Waals surface area contributed by atoms with Gasteiger partial charge in [-0.25, -0.2) is 14.2 Å². The molecule has 0 spiro atoms. The van der Waals surface area contributed by atoms with Crippen LogP contribution in [0.4, 0.5) is 0 Å². The van der Waals surface area contributed by atoms with E-state index in [9.17, 15) is 9.59 Å². The van der Waals surface area contributed by atoms with Crippen LogP contribution in [-0.2, 0) is 6.54 Å². The van der Waals surface area contributed by atoms with E-state index in [0.29, 0.717) is 24.5 Å². The van der Waals surface area contributed by atoms with Crippen molar-refractivity contribution in [1.82, 2.24) is 29.4 Å². The molecule has 158 valence electrons. The summed E-state index contributed by atoms with van der Waals surface area (Å²) < 4.78 is 4.99. The summed E-state index contributed by atoms with van der Waals surface area (Å²) in [4.78, 5) is 26.5. The molecule has 1 saturated carbocycles. The first-order valence-electron chi connectivity index (χ1n) is 10.2. The summed E-state index contributed by atoms with van der Waals surface area (Å²) in [6.07, 6.45) is 3.58. The molecule has 4 aromatic rings. The Kier molecular flexibility index (Phi) is 5.03. The molecule has 1 fully saturated rings. The van der Waals surface area contributed by atoms with Crippen LogP contribution in [0.3, 0.4) is 0 Å². The van der Waals surface area contributed by atoms with Crippen molar-refractivity contribution >= 4 is 17.2 Å². The van der Waals surface area contributed by atoms with Crippen LogP contribution in [0.15, 0.2) is 58.8 Å². The molecule has 1 aliphatic carbocycles. The van der Waals surface area contributed by atoms with Gasteiger partial charge in [-0.2, -0.15) is 5.10 Å². The van der Waals surface area contributed by atoms with E-state index >= 15 is 0 Å². The molecule has 31 heavy (non-hydrogen) atoms. The zero-order chi connectivity index (χ0) is 21.4. The van der Waals surface area contributed by atoms with E-state index in [2.05, 4.69) is 15.5 Å². The van der Waals surface area contributed by atoms with Crippen molar-refractivity contribution in [3.63, 3.8) is 0 Å². The molecule has 0 aliphatic heterocycles. The number of hydrogen-bond donors (Lipinski definition) is 1. The first-order chi connectivity index (χ1) is 15.1. The predicted octanol–water partition coefficient (Wildman–Crippen LogP) is 3.03. The molecule has 9 heteroatoms. The van der Waals surface area contributed by atoms with Gasteiger partial charge in [0.05, 0.1) is 34.6 Å². The normalized spacial score (nSPS) is 13.5. The van der Waals surface area contributed by atoms with E-state index < -0.39 is 0 Å². The number of carbonyl (C=O) groups excluding carboxylic acids is 1. The van der Waals surface area contributed by atoms with Gasteiger partial charge in [-0.05, 0) is 43.3 Å². The maximum atomic E-state index is 12.9. The monoisotopic (exact) mass is 434 g/mol. The Morgan fingerprint density at radius 1 is 1.19 bits per heavy atom. The van der Waals surface area contributed by atoms with Gasteiger partial charge in [0, 0.05) is 12.6 Å². The molecular formula is C22H22N6O2S. The van der Waals surface area contributed by atoms with Gasteiger partial charge in [0.2, 0.25) is 0 Å². The molecule has 0 saturated heterocycles. The third kappa shape index (κ3) is 3.72. The number of hydrogen-bond acceptors (Lipinski definition) is 5. The van der Waals surface area contributed by atoms with E-state index in [1.807, 2.05) is 54.8 Å². The van der Waals surface area contributed by atoms with Crippen molar-refractivity contribution in [2.24, 2.45) is 0 Å². The van der Waals surface area contributed by atoms with Crippen LogP contribution in [0.2, 0.25) is 0 Å². The van der Waals surface area contributed by atoms with Crippen LogP contribution in [0.25, 0.3) is 16.4 Å². The van der Waals surface area contributed by atoms with Crippen LogP contribution >= 0.6 is 11.3 Å². The lowest BCUT2D eigenvalue weighted by molar-refractivity contribution is 0.0951. The second kappa shape index (κ2) is 7.99. The van der Waals surface area contributed by atoms with Gasteiger partial charge in [-0.1, -0.05) is 24.3 Å². The van der Waals surface area contributed by atoms with Crippen molar-refractivity contribution in [1.29, 1.82) is 0 Å². The minimum Gasteiger partial charge on any atom is -0.350 e. The Bertz CT molecular complexity index is 1270. The third-order valence-corrected chi connectivity index (χ3v) is 6.25. The Balaban J connectivity index is 1.29. The highest BCUT2D eigenvalue weighted by Gasteiger charge is 2.30. The number of carbonyl (C=O) groups is 1. The standard InChI is InChI=1S/C22H22N6O2S/c1-15-18(14-24-28(15)17-6-3-2-4-7-17)21(29)23-11-12-26-22(30)27(16-9-10-16)20(25-26)19-8-5-13-31-19/h2-8,13-14,16H,9-12H2,1H3,(H,23,29). The van der Waals surface area contributed by atoms with Gasteiger partial charge < -0.3 is 5.32 Å². The summed E-state index contributed by atoms with van der Waals surface area (Å²) in [6.45, 7) is 2.48. The minimum atomic E-state index is -0.215. The molecule has 3 aromatic heterocycles. The number of nitrogens with zero attached hydrogens (tertiary/aromatic N) is 5. The second-order valence-electron chi connectivity index (χ2n) is 7.55. The van der Waals surface area contributed by atoms with Gasteiger partial charge >= 0.3 is 5.69 Å². The molecular weight excluding hydrogens is 412 g/mol. The lowest BCUT2D eigenvalue weighted by Gasteiger charge is -2.06. The zero-order valence-corrected chi connectivity index (χ0v) is 17.9. The number of rotatable bonds is 7. The van der Waals surface area contributed by atoms with E-state index in [1.165, 1.54) is 4.68 Å². The Hall–Kier alpha value is -3.46. The number of thiophene rings is 1. The fraction of sp³-hybridized carbons (Fsp3) is 0.273. The lowest BCUT2D eigenvalue weighted by Crippen LogP contribution is -2.32. The van der Waals surface area contributed by atoms with Crippen molar-refractivity contribution in [3.05, 3.63) is 75.8 Å². The Morgan fingerprint density at radius 3 is 2.71 bits per heavy atom. The lowest BCUT2D eigenvalue weighted by atomic mass is 10.2. The summed E-state index contributed by atoms with van der Waals surface area (Å²) in [5.41, 5.74) is 2.06. The summed E-state index contributed by atoms with van der Waals surface area (Å²) in [5.74, 6) is 0.502. The quantitative estimate of drug-likeness (QED) is 0.484. The van der Waals surface area contributed by atoms with Gasteiger partial charge in [-0.3, -0.25) is 9.36 Å². The fourth-order valence-corrected chi connectivity index (χ4v) is 4.34. The molecule has 1 aromatic carbocycles. The number of amides is 1. The van der Waals surface area contributed by atoms with Crippen molar-refractivity contribution in [2.75, 3.05) is 6.54 Å². The highest BCUT2D eigenvalue weighted by molar-refractivity contribution is 7.13. The summed E-state index contributed by atoms with van der Waals surface area (Å²) in [5, 5.41) is 13.8. The number of para-hydroxylation sites is 1. The number of benzene rings is 1. The maximum Gasteiger partial charge on any atom is 0.346 e. The first kappa shape index (κ1) is 19.5. The molecule has 1 aliphatic rings. The van der Waals surface area contributed by atoms with Crippen LogP contribution < -0.4 is 11.0 Å². The van der Waals surface area contributed by atoms with Crippen LogP contribution in [0.1, 0.15) is 34.9 Å². The van der Waals surface area contributed by atoms with Crippen molar-refractivity contribution in [2.45, 2.75) is 32.4 Å². The van der Waals surface area contributed by atoms with Gasteiger partial charge in [0.25, 0.3) is 5.91 Å². The predicted molar refractivity (Wildman–Crippen MR) is 119 cm³/mol. The van der Waals surface area contributed by atoms with Gasteiger partial charge in [-0.15, -0.1) is 16.4 Å². The van der Waals surface area contributed by atoms with Gasteiger partial charge in [0.1, 0.15) is 0 Å². The smallest absolute Gasteiger partial charge is 0.346 e. The number of nitrogens with one attached hydrogen (secondary N) is 1. The molecule has 0 unspecified atom stereocenters. The summed E-state index contributed by atoms with van der Waals surface area (Å²) in [7, 11) is 0. The molecule has 0 bridgehead atoms. The maximum absolute atomic E-state index is 12.9. The first-order valence-corrected chi connectivity index (χ1v) is 11.1.